The number of amides is 2. The summed E-state index contributed by atoms with van der Waals surface area (Å²) < 4.78 is 12.9. The Bertz CT molecular complexity index is 647. The highest BCUT2D eigenvalue weighted by Crippen LogP contribution is 2.19. The molecular formula is C18H26FN5O2. The molecule has 142 valence electrons. The zero-order valence-electron chi connectivity index (χ0n) is 15.0. The molecule has 2 amide bonds. The molecule has 1 saturated heterocycles. The molecule has 0 aromatic heterocycles. The number of piperidine rings is 1. The van der Waals surface area contributed by atoms with Crippen LogP contribution in [0.15, 0.2) is 29.3 Å². The van der Waals surface area contributed by atoms with E-state index in [0.717, 1.165) is 19.4 Å². The topological polar surface area (TPSA) is 99.8 Å². The number of carbonyl (C=O) groups is 2. The molecule has 0 spiro atoms. The molecule has 26 heavy (non-hydrogen) atoms. The van der Waals surface area contributed by atoms with E-state index in [0.29, 0.717) is 31.2 Å². The minimum Gasteiger partial charge on any atom is -0.370 e. The predicted molar refractivity (Wildman–Crippen MR) is 99.1 cm³/mol. The van der Waals surface area contributed by atoms with Crippen molar-refractivity contribution in [1.29, 1.82) is 0 Å². The molecule has 1 aliphatic heterocycles. The standard InChI is InChI=1S/C18H26FN5O2/c1-2-21-18(24-9-3-4-13(12-24)10-16(20)25)22-11-17(26)23-15-7-5-14(19)6-8-15/h5-8,13H,2-4,9-12H2,1H3,(H2,20,25)(H,21,22)(H,23,26). The van der Waals surface area contributed by atoms with Gasteiger partial charge in [0.05, 0.1) is 0 Å². The molecule has 1 fully saturated rings. The van der Waals surface area contributed by atoms with Gasteiger partial charge in [-0.3, -0.25) is 9.59 Å². The molecule has 8 heteroatoms. The van der Waals surface area contributed by atoms with Crippen LogP contribution in [0.5, 0.6) is 0 Å². The molecule has 1 atom stereocenters. The first kappa shape index (κ1) is 19.7. The molecule has 2 rings (SSSR count). The van der Waals surface area contributed by atoms with Crippen molar-refractivity contribution in [1.82, 2.24) is 10.2 Å². The maximum absolute atomic E-state index is 12.9. The van der Waals surface area contributed by atoms with E-state index in [9.17, 15) is 14.0 Å². The fourth-order valence-electron chi connectivity index (χ4n) is 3.01. The quantitative estimate of drug-likeness (QED) is 0.524. The largest absolute Gasteiger partial charge is 0.370 e. The lowest BCUT2D eigenvalue weighted by molar-refractivity contribution is -0.119. The lowest BCUT2D eigenvalue weighted by Gasteiger charge is -2.34. The zero-order valence-corrected chi connectivity index (χ0v) is 15.0. The number of rotatable bonds is 6. The summed E-state index contributed by atoms with van der Waals surface area (Å²) in [5.41, 5.74) is 5.83. The number of nitrogens with two attached hydrogens (primary N) is 1. The summed E-state index contributed by atoms with van der Waals surface area (Å²) in [6.07, 6.45) is 2.27. The molecular weight excluding hydrogens is 337 g/mol. The Morgan fingerprint density at radius 1 is 1.35 bits per heavy atom. The zero-order chi connectivity index (χ0) is 18.9. The summed E-state index contributed by atoms with van der Waals surface area (Å²) >= 11 is 0. The maximum atomic E-state index is 12.9. The minimum atomic E-state index is -0.355. The molecule has 7 nitrogen and oxygen atoms in total. The van der Waals surface area contributed by atoms with Crippen molar-refractivity contribution in [3.63, 3.8) is 0 Å². The first-order valence-corrected chi connectivity index (χ1v) is 8.85. The van der Waals surface area contributed by atoms with E-state index in [2.05, 4.69) is 20.5 Å². The number of nitrogens with zero attached hydrogens (tertiary/aromatic N) is 2. The number of anilines is 1. The van der Waals surface area contributed by atoms with Crippen molar-refractivity contribution < 1.29 is 14.0 Å². The Labute approximate surface area is 152 Å². The van der Waals surface area contributed by atoms with Gasteiger partial charge in [0.1, 0.15) is 12.4 Å². The van der Waals surface area contributed by atoms with E-state index >= 15 is 0 Å². The van der Waals surface area contributed by atoms with Gasteiger partial charge in [-0.05, 0) is 49.9 Å². The number of aliphatic imine (C=N–C) groups is 1. The third-order valence-corrected chi connectivity index (χ3v) is 4.14. The third-order valence-electron chi connectivity index (χ3n) is 4.14. The fourth-order valence-corrected chi connectivity index (χ4v) is 3.01. The molecule has 0 radical (unpaired) electrons. The summed E-state index contributed by atoms with van der Waals surface area (Å²) in [5, 5.41) is 5.87. The van der Waals surface area contributed by atoms with Crippen LogP contribution in [-0.4, -0.2) is 48.9 Å². The second-order valence-electron chi connectivity index (χ2n) is 6.35. The van der Waals surface area contributed by atoms with Gasteiger partial charge in [0.15, 0.2) is 5.96 Å². The van der Waals surface area contributed by atoms with Crippen LogP contribution in [0.2, 0.25) is 0 Å². The second-order valence-corrected chi connectivity index (χ2v) is 6.35. The molecule has 1 aliphatic rings. The van der Waals surface area contributed by atoms with Crippen molar-refractivity contribution in [3.8, 4) is 0 Å². The Kier molecular flexibility index (Phi) is 7.37. The highest BCUT2D eigenvalue weighted by Gasteiger charge is 2.23. The van der Waals surface area contributed by atoms with Gasteiger partial charge in [0.25, 0.3) is 0 Å². The average Bonchev–Trinajstić information content (AvgIpc) is 2.60. The van der Waals surface area contributed by atoms with E-state index in [1.807, 2.05) is 6.92 Å². The number of likely N-dealkylation sites (tertiary alicyclic amines) is 1. The summed E-state index contributed by atoms with van der Waals surface area (Å²) in [7, 11) is 0. The number of primary amides is 1. The Balaban J connectivity index is 1.95. The van der Waals surface area contributed by atoms with Crippen molar-refractivity contribution in [2.75, 3.05) is 31.5 Å². The van der Waals surface area contributed by atoms with Gasteiger partial charge in [-0.15, -0.1) is 0 Å². The van der Waals surface area contributed by atoms with Gasteiger partial charge < -0.3 is 21.3 Å². The lowest BCUT2D eigenvalue weighted by atomic mass is 9.95. The predicted octanol–water partition coefficient (Wildman–Crippen LogP) is 1.32. The van der Waals surface area contributed by atoms with Crippen LogP contribution in [0.1, 0.15) is 26.2 Å². The van der Waals surface area contributed by atoms with E-state index in [4.69, 9.17) is 5.73 Å². The maximum Gasteiger partial charge on any atom is 0.246 e. The molecule has 1 heterocycles. The van der Waals surface area contributed by atoms with E-state index < -0.39 is 0 Å². The van der Waals surface area contributed by atoms with Gasteiger partial charge in [-0.25, -0.2) is 9.38 Å². The number of halogens is 1. The van der Waals surface area contributed by atoms with E-state index in [-0.39, 0.29) is 30.1 Å². The first-order chi connectivity index (χ1) is 12.5. The van der Waals surface area contributed by atoms with Crippen LogP contribution >= 0.6 is 0 Å². The smallest absolute Gasteiger partial charge is 0.246 e. The van der Waals surface area contributed by atoms with Crippen LogP contribution in [0.25, 0.3) is 0 Å². The number of hydrogen-bond donors (Lipinski definition) is 3. The highest BCUT2D eigenvalue weighted by molar-refractivity contribution is 5.94. The Morgan fingerprint density at radius 3 is 2.73 bits per heavy atom. The molecule has 0 bridgehead atoms. The molecule has 0 aliphatic carbocycles. The molecule has 1 aromatic rings. The summed E-state index contributed by atoms with van der Waals surface area (Å²) in [6.45, 7) is 4.10. The number of carbonyl (C=O) groups excluding carboxylic acids is 2. The van der Waals surface area contributed by atoms with Crippen LogP contribution < -0.4 is 16.4 Å². The number of guanidine groups is 1. The van der Waals surface area contributed by atoms with Crippen LogP contribution in [0.4, 0.5) is 10.1 Å². The summed E-state index contributed by atoms with van der Waals surface area (Å²) in [6, 6.07) is 5.58. The number of hydrogen-bond acceptors (Lipinski definition) is 3. The third kappa shape index (κ3) is 6.34. The number of benzene rings is 1. The van der Waals surface area contributed by atoms with Crippen LogP contribution in [0.3, 0.4) is 0 Å². The van der Waals surface area contributed by atoms with Crippen LogP contribution in [0, 0.1) is 11.7 Å². The van der Waals surface area contributed by atoms with E-state index in [1.54, 1.807) is 0 Å². The van der Waals surface area contributed by atoms with Crippen LogP contribution in [-0.2, 0) is 9.59 Å². The van der Waals surface area contributed by atoms with Gasteiger partial charge in [-0.2, -0.15) is 0 Å². The summed E-state index contributed by atoms with van der Waals surface area (Å²) in [5.74, 6) is -0.0738. The monoisotopic (exact) mass is 363 g/mol. The first-order valence-electron chi connectivity index (χ1n) is 8.85. The van der Waals surface area contributed by atoms with Crippen molar-refractivity contribution in [2.24, 2.45) is 16.6 Å². The molecule has 1 aromatic carbocycles. The average molecular weight is 363 g/mol. The highest BCUT2D eigenvalue weighted by atomic mass is 19.1. The molecule has 4 N–H and O–H groups in total. The van der Waals surface area contributed by atoms with E-state index in [1.165, 1.54) is 24.3 Å². The normalized spacial score (nSPS) is 17.7. The van der Waals surface area contributed by atoms with Crippen molar-refractivity contribution in [3.05, 3.63) is 30.1 Å². The summed E-state index contributed by atoms with van der Waals surface area (Å²) in [4.78, 5) is 29.7. The van der Waals surface area contributed by atoms with Crippen molar-refractivity contribution in [2.45, 2.75) is 26.2 Å². The van der Waals surface area contributed by atoms with Crippen molar-refractivity contribution >= 4 is 23.5 Å². The Hall–Kier alpha value is -2.64. The minimum absolute atomic E-state index is 0.0449. The second kappa shape index (κ2) is 9.74. The van der Waals surface area contributed by atoms with Gasteiger partial charge >= 0.3 is 0 Å². The SMILES string of the molecule is CCNC(=NCC(=O)Nc1ccc(F)cc1)N1CCCC(CC(N)=O)C1. The fraction of sp³-hybridized carbons (Fsp3) is 0.500. The van der Waals surface area contributed by atoms with Gasteiger partial charge in [0, 0.05) is 31.7 Å². The molecule has 1 unspecified atom stereocenters. The lowest BCUT2D eigenvalue weighted by Crippen LogP contribution is -2.47. The molecule has 0 saturated carbocycles. The Morgan fingerprint density at radius 2 is 2.08 bits per heavy atom. The van der Waals surface area contributed by atoms with Gasteiger partial charge in [-0.1, -0.05) is 0 Å². The van der Waals surface area contributed by atoms with Gasteiger partial charge in [0.2, 0.25) is 11.8 Å². The number of nitrogens with one attached hydrogen (secondary N) is 2.